The van der Waals surface area contributed by atoms with Gasteiger partial charge in [-0.2, -0.15) is 0 Å². The van der Waals surface area contributed by atoms with Crippen molar-refractivity contribution in [2.75, 3.05) is 0 Å². The van der Waals surface area contributed by atoms with Crippen LogP contribution in [0.5, 0.6) is 5.75 Å². The summed E-state index contributed by atoms with van der Waals surface area (Å²) in [4.78, 5) is 12.0. The average Bonchev–Trinajstić information content (AvgIpc) is 3.03. The van der Waals surface area contributed by atoms with Gasteiger partial charge in [0.05, 0.1) is 5.69 Å². The van der Waals surface area contributed by atoms with E-state index in [-0.39, 0.29) is 5.75 Å². The highest BCUT2D eigenvalue weighted by Crippen LogP contribution is 2.27. The Hall–Kier alpha value is -3.40. The van der Waals surface area contributed by atoms with Gasteiger partial charge in [-0.3, -0.25) is 4.98 Å². The van der Waals surface area contributed by atoms with Gasteiger partial charge in [0.2, 0.25) is 0 Å². The normalized spacial score (nSPS) is 11.3. The first-order chi connectivity index (χ1) is 11.8. The number of pyridine rings is 2. The number of nitrogens with one attached hydrogen (secondary N) is 1. The molecule has 0 bridgehead atoms. The van der Waals surface area contributed by atoms with Crippen molar-refractivity contribution in [3.05, 3.63) is 78.4 Å². The number of phenols is 1. The fourth-order valence-electron chi connectivity index (χ4n) is 2.65. The van der Waals surface area contributed by atoms with Crippen LogP contribution in [0.25, 0.3) is 34.3 Å². The maximum absolute atomic E-state index is 9.67. The molecule has 4 rings (SSSR count). The molecule has 4 nitrogen and oxygen atoms in total. The van der Waals surface area contributed by atoms with Crippen molar-refractivity contribution in [3.8, 4) is 16.9 Å². The third-order valence-corrected chi connectivity index (χ3v) is 3.86. The maximum atomic E-state index is 9.67. The number of fused-ring (bicyclic) bond motifs is 1. The molecule has 0 amide bonds. The molecule has 0 aliphatic heterocycles. The molecule has 0 atom stereocenters. The lowest BCUT2D eigenvalue weighted by Crippen LogP contribution is -1.82. The number of nitrogens with zero attached hydrogens (tertiary/aromatic N) is 2. The van der Waals surface area contributed by atoms with Gasteiger partial charge in [0.15, 0.2) is 0 Å². The predicted molar refractivity (Wildman–Crippen MR) is 96.4 cm³/mol. The molecule has 1 aromatic carbocycles. The number of aromatic amines is 1. The first-order valence-electron chi connectivity index (χ1n) is 7.65. The van der Waals surface area contributed by atoms with Crippen LogP contribution in [0.2, 0.25) is 0 Å². The first kappa shape index (κ1) is 14.2. The molecule has 4 aromatic rings. The minimum absolute atomic E-state index is 0.247. The van der Waals surface area contributed by atoms with Crippen molar-refractivity contribution < 1.29 is 5.11 Å². The van der Waals surface area contributed by atoms with Gasteiger partial charge in [-0.15, -0.1) is 0 Å². The number of phenolic OH excluding ortho intramolecular Hbond substituents is 1. The number of hydrogen-bond donors (Lipinski definition) is 2. The van der Waals surface area contributed by atoms with Gasteiger partial charge in [0.25, 0.3) is 0 Å². The van der Waals surface area contributed by atoms with Crippen LogP contribution < -0.4 is 0 Å². The van der Waals surface area contributed by atoms with E-state index in [2.05, 4.69) is 21.0 Å². The van der Waals surface area contributed by atoms with E-state index >= 15 is 0 Å². The second-order valence-corrected chi connectivity index (χ2v) is 5.50. The molecule has 4 heteroatoms. The van der Waals surface area contributed by atoms with Crippen LogP contribution >= 0.6 is 0 Å². The molecule has 0 aliphatic rings. The van der Waals surface area contributed by atoms with E-state index in [0.29, 0.717) is 0 Å². The van der Waals surface area contributed by atoms with Crippen LogP contribution in [-0.4, -0.2) is 20.1 Å². The van der Waals surface area contributed by atoms with Gasteiger partial charge < -0.3 is 10.1 Å². The summed E-state index contributed by atoms with van der Waals surface area (Å²) >= 11 is 0. The van der Waals surface area contributed by atoms with Crippen LogP contribution in [-0.2, 0) is 0 Å². The van der Waals surface area contributed by atoms with Crippen LogP contribution in [0, 0.1) is 0 Å². The van der Waals surface area contributed by atoms with Gasteiger partial charge in [-0.05, 0) is 42.0 Å². The van der Waals surface area contributed by atoms with Crippen LogP contribution in [0.1, 0.15) is 11.3 Å². The lowest BCUT2D eigenvalue weighted by atomic mass is 10.1. The summed E-state index contributed by atoms with van der Waals surface area (Å²) in [7, 11) is 0. The Kier molecular flexibility index (Phi) is 3.56. The largest absolute Gasteiger partial charge is 0.508 e. The quantitative estimate of drug-likeness (QED) is 0.585. The number of benzene rings is 1. The summed E-state index contributed by atoms with van der Waals surface area (Å²) in [5.74, 6) is 0.247. The summed E-state index contributed by atoms with van der Waals surface area (Å²) in [5, 5.41) is 10.7. The molecule has 0 fully saturated rings. The summed E-state index contributed by atoms with van der Waals surface area (Å²) in [6.45, 7) is 0. The first-order valence-corrected chi connectivity index (χ1v) is 7.65. The molecule has 0 aliphatic carbocycles. The fraction of sp³-hybridized carbons (Fsp3) is 0. The molecule has 0 spiro atoms. The topological polar surface area (TPSA) is 61.8 Å². The summed E-state index contributed by atoms with van der Waals surface area (Å²) in [6.07, 6.45) is 9.51. The van der Waals surface area contributed by atoms with E-state index in [0.717, 1.165) is 33.4 Å². The van der Waals surface area contributed by atoms with Crippen molar-refractivity contribution in [2.45, 2.75) is 0 Å². The molecular weight excluding hydrogens is 298 g/mol. The fourth-order valence-corrected chi connectivity index (χ4v) is 2.65. The highest BCUT2D eigenvalue weighted by atomic mass is 16.3. The van der Waals surface area contributed by atoms with Crippen molar-refractivity contribution in [3.63, 3.8) is 0 Å². The third-order valence-electron chi connectivity index (χ3n) is 3.86. The third kappa shape index (κ3) is 2.77. The van der Waals surface area contributed by atoms with Crippen molar-refractivity contribution in [1.82, 2.24) is 15.0 Å². The summed E-state index contributed by atoms with van der Waals surface area (Å²) in [5.41, 5.74) is 4.68. The summed E-state index contributed by atoms with van der Waals surface area (Å²) < 4.78 is 0. The number of hydrogen-bond acceptors (Lipinski definition) is 3. The second kappa shape index (κ2) is 6.01. The van der Waals surface area contributed by atoms with E-state index in [1.165, 1.54) is 0 Å². The number of rotatable bonds is 3. The Morgan fingerprint density at radius 1 is 0.917 bits per heavy atom. The highest BCUT2D eigenvalue weighted by molar-refractivity contribution is 5.91. The molecule has 2 N–H and O–H groups in total. The van der Waals surface area contributed by atoms with E-state index in [4.69, 9.17) is 0 Å². The monoisotopic (exact) mass is 313 g/mol. The van der Waals surface area contributed by atoms with Crippen LogP contribution in [0.3, 0.4) is 0 Å². The lowest BCUT2D eigenvalue weighted by molar-refractivity contribution is 0.475. The number of aromatic nitrogens is 3. The molecule has 24 heavy (non-hydrogen) atoms. The molecule has 0 radical (unpaired) electrons. The minimum atomic E-state index is 0.247. The zero-order valence-electron chi connectivity index (χ0n) is 12.8. The summed E-state index contributed by atoms with van der Waals surface area (Å²) in [6, 6.07) is 15.1. The molecule has 3 aromatic heterocycles. The Morgan fingerprint density at radius 3 is 2.71 bits per heavy atom. The maximum Gasteiger partial charge on any atom is 0.137 e. The van der Waals surface area contributed by atoms with Gasteiger partial charge >= 0.3 is 0 Å². The van der Waals surface area contributed by atoms with E-state index in [1.807, 2.05) is 48.7 Å². The average molecular weight is 313 g/mol. The number of aromatic hydroxyl groups is 1. The van der Waals surface area contributed by atoms with Gasteiger partial charge in [-0.25, -0.2) is 4.98 Å². The number of H-pyrrole nitrogens is 1. The Bertz CT molecular complexity index is 1020. The van der Waals surface area contributed by atoms with E-state index in [1.54, 1.807) is 24.5 Å². The van der Waals surface area contributed by atoms with Gasteiger partial charge in [0.1, 0.15) is 11.4 Å². The zero-order valence-corrected chi connectivity index (χ0v) is 12.8. The smallest absolute Gasteiger partial charge is 0.137 e. The Morgan fingerprint density at radius 2 is 1.88 bits per heavy atom. The Labute approximate surface area is 139 Å². The van der Waals surface area contributed by atoms with Crippen molar-refractivity contribution in [2.24, 2.45) is 0 Å². The standard InChI is InChI=1S/C20H15N3O/c24-18-6-3-4-14(10-18)16-11-19-15(12-22-20(19)23-13-16)7-8-17-5-1-2-9-21-17/h1-13,24H,(H,22,23)/b8-7+. The van der Waals surface area contributed by atoms with Crippen LogP contribution in [0.4, 0.5) is 0 Å². The van der Waals surface area contributed by atoms with E-state index < -0.39 is 0 Å². The molecule has 0 unspecified atom stereocenters. The van der Waals surface area contributed by atoms with Crippen molar-refractivity contribution >= 4 is 23.2 Å². The van der Waals surface area contributed by atoms with Gasteiger partial charge in [-0.1, -0.05) is 24.3 Å². The molecule has 0 saturated carbocycles. The van der Waals surface area contributed by atoms with Crippen molar-refractivity contribution in [1.29, 1.82) is 0 Å². The molecular formula is C20H15N3O. The Balaban J connectivity index is 1.75. The molecule has 0 saturated heterocycles. The van der Waals surface area contributed by atoms with Gasteiger partial charge in [0, 0.05) is 35.1 Å². The SMILES string of the molecule is Oc1cccc(-c2cnc3[nH]cc(/C=C/c4ccccn4)c3c2)c1. The predicted octanol–water partition coefficient (Wildman–Crippen LogP) is 4.50. The van der Waals surface area contributed by atoms with E-state index in [9.17, 15) is 5.11 Å². The van der Waals surface area contributed by atoms with Crippen LogP contribution in [0.15, 0.2) is 67.1 Å². The molecule has 116 valence electrons. The lowest BCUT2D eigenvalue weighted by Gasteiger charge is -2.02. The second-order valence-electron chi connectivity index (χ2n) is 5.50. The minimum Gasteiger partial charge on any atom is -0.508 e. The highest BCUT2D eigenvalue weighted by Gasteiger charge is 2.06. The molecule has 3 heterocycles. The zero-order chi connectivity index (χ0) is 16.4.